The van der Waals surface area contributed by atoms with Crippen LogP contribution in [0.15, 0.2) is 24.3 Å². The molecule has 0 aromatic heterocycles. The lowest BCUT2D eigenvalue weighted by atomic mass is 9.82. The minimum Gasteiger partial charge on any atom is -0.359 e. The molecule has 140 valence electrons. The summed E-state index contributed by atoms with van der Waals surface area (Å²) in [5.41, 5.74) is 2.49. The Bertz CT molecular complexity index is 836. The van der Waals surface area contributed by atoms with Crippen LogP contribution in [0.25, 0.3) is 0 Å². The maximum atomic E-state index is 12.5. The standard InChI is InChI=1S/C18H23N3O4S/c1-19-16(22)15-6-7-26(24,25)18(15)10-21(11-18)17(23)20-14-8-12-4-2-3-5-13(12)9-14/h2-5,14-15H,6-11H2,1H3,(H,19,22)(H,20,23). The Kier molecular flexibility index (Phi) is 3.98. The molecule has 4 rings (SSSR count). The summed E-state index contributed by atoms with van der Waals surface area (Å²) in [4.78, 5) is 26.2. The van der Waals surface area contributed by atoms with Gasteiger partial charge in [-0.05, 0) is 30.4 Å². The van der Waals surface area contributed by atoms with Crippen LogP contribution in [-0.2, 0) is 27.5 Å². The number of sulfone groups is 1. The van der Waals surface area contributed by atoms with Gasteiger partial charge in [-0.1, -0.05) is 24.3 Å². The van der Waals surface area contributed by atoms with Gasteiger partial charge in [-0.3, -0.25) is 4.79 Å². The van der Waals surface area contributed by atoms with Crippen LogP contribution < -0.4 is 10.6 Å². The van der Waals surface area contributed by atoms with E-state index in [1.54, 1.807) is 0 Å². The Morgan fingerprint density at radius 1 is 1.15 bits per heavy atom. The molecule has 1 unspecified atom stereocenters. The Balaban J connectivity index is 1.41. The van der Waals surface area contributed by atoms with Crippen molar-refractivity contribution in [2.24, 2.45) is 5.92 Å². The molecule has 3 amide bonds. The van der Waals surface area contributed by atoms with Gasteiger partial charge in [0.15, 0.2) is 9.84 Å². The van der Waals surface area contributed by atoms with Gasteiger partial charge < -0.3 is 15.5 Å². The zero-order chi connectivity index (χ0) is 18.5. The molecule has 26 heavy (non-hydrogen) atoms. The van der Waals surface area contributed by atoms with Crippen LogP contribution in [0.1, 0.15) is 17.5 Å². The number of carbonyl (C=O) groups excluding carboxylic acids is 2. The van der Waals surface area contributed by atoms with E-state index in [-0.39, 0.29) is 36.8 Å². The highest BCUT2D eigenvalue weighted by Gasteiger charge is 2.64. The molecule has 2 fully saturated rings. The molecular formula is C18H23N3O4S. The summed E-state index contributed by atoms with van der Waals surface area (Å²) in [6, 6.07) is 7.91. The average Bonchev–Trinajstić information content (AvgIpc) is 3.09. The third-order valence-electron chi connectivity index (χ3n) is 6.08. The van der Waals surface area contributed by atoms with Crippen LogP contribution in [-0.4, -0.2) is 61.9 Å². The van der Waals surface area contributed by atoms with E-state index in [9.17, 15) is 18.0 Å². The van der Waals surface area contributed by atoms with Gasteiger partial charge in [0.05, 0.1) is 11.7 Å². The summed E-state index contributed by atoms with van der Waals surface area (Å²) >= 11 is 0. The Morgan fingerprint density at radius 3 is 2.35 bits per heavy atom. The molecule has 1 atom stereocenters. The molecule has 2 N–H and O–H groups in total. The molecule has 2 heterocycles. The summed E-state index contributed by atoms with van der Waals surface area (Å²) in [7, 11) is -1.86. The number of likely N-dealkylation sites (tertiary alicyclic amines) is 1. The van der Waals surface area contributed by atoms with Gasteiger partial charge in [0.1, 0.15) is 4.75 Å². The zero-order valence-electron chi connectivity index (χ0n) is 14.7. The van der Waals surface area contributed by atoms with Crippen molar-refractivity contribution in [2.45, 2.75) is 30.1 Å². The molecule has 2 saturated heterocycles. The smallest absolute Gasteiger partial charge is 0.317 e. The molecule has 7 nitrogen and oxygen atoms in total. The van der Waals surface area contributed by atoms with E-state index >= 15 is 0 Å². The van der Waals surface area contributed by atoms with Gasteiger partial charge >= 0.3 is 6.03 Å². The molecule has 1 aliphatic carbocycles. The molecule has 8 heteroatoms. The lowest BCUT2D eigenvalue weighted by molar-refractivity contribution is -0.126. The van der Waals surface area contributed by atoms with Gasteiger partial charge in [0.2, 0.25) is 5.91 Å². The van der Waals surface area contributed by atoms with Crippen molar-refractivity contribution < 1.29 is 18.0 Å². The van der Waals surface area contributed by atoms with Crippen LogP contribution in [0.4, 0.5) is 4.79 Å². The fourth-order valence-electron chi connectivity index (χ4n) is 4.59. The summed E-state index contributed by atoms with van der Waals surface area (Å²) < 4.78 is 23.9. The molecule has 2 aliphatic heterocycles. The number of nitrogens with zero attached hydrogens (tertiary/aromatic N) is 1. The van der Waals surface area contributed by atoms with E-state index in [4.69, 9.17) is 0 Å². The summed E-state index contributed by atoms with van der Waals surface area (Å²) in [6.07, 6.45) is 1.91. The highest BCUT2D eigenvalue weighted by Crippen LogP contribution is 2.44. The van der Waals surface area contributed by atoms with E-state index in [2.05, 4.69) is 22.8 Å². The van der Waals surface area contributed by atoms with Gasteiger partial charge in [-0.2, -0.15) is 0 Å². The second-order valence-corrected chi connectivity index (χ2v) is 9.97. The summed E-state index contributed by atoms with van der Waals surface area (Å²) in [6.45, 7) is 0.192. The number of benzene rings is 1. The maximum absolute atomic E-state index is 12.5. The monoisotopic (exact) mass is 377 g/mol. The maximum Gasteiger partial charge on any atom is 0.317 e. The molecule has 0 saturated carbocycles. The Morgan fingerprint density at radius 2 is 1.77 bits per heavy atom. The van der Waals surface area contributed by atoms with Crippen LogP contribution in [0.3, 0.4) is 0 Å². The second-order valence-electron chi connectivity index (χ2n) is 7.52. The van der Waals surface area contributed by atoms with Crippen LogP contribution in [0.2, 0.25) is 0 Å². The van der Waals surface area contributed by atoms with E-state index in [1.165, 1.54) is 23.1 Å². The number of amides is 3. The normalized spacial score (nSPS) is 25.6. The number of fused-ring (bicyclic) bond motifs is 1. The van der Waals surface area contributed by atoms with Crippen LogP contribution in [0, 0.1) is 5.92 Å². The lowest BCUT2D eigenvalue weighted by Crippen LogP contribution is -2.71. The summed E-state index contributed by atoms with van der Waals surface area (Å²) in [5.74, 6) is -0.812. The number of hydrogen-bond donors (Lipinski definition) is 2. The Hall–Kier alpha value is -2.09. The third-order valence-corrected chi connectivity index (χ3v) is 8.63. The number of urea groups is 1. The van der Waals surface area contributed by atoms with Gasteiger partial charge in [0.25, 0.3) is 0 Å². The molecule has 1 aromatic rings. The van der Waals surface area contributed by atoms with E-state index in [0.717, 1.165) is 12.8 Å². The van der Waals surface area contributed by atoms with Crippen molar-refractivity contribution >= 4 is 21.8 Å². The predicted octanol–water partition coefficient (Wildman–Crippen LogP) is 0.0985. The molecule has 1 aromatic carbocycles. The quantitative estimate of drug-likeness (QED) is 0.764. The second kappa shape index (κ2) is 5.97. The first kappa shape index (κ1) is 17.3. The van der Waals surface area contributed by atoms with E-state index in [1.807, 2.05) is 12.1 Å². The number of hydrogen-bond acceptors (Lipinski definition) is 4. The summed E-state index contributed by atoms with van der Waals surface area (Å²) in [5, 5.41) is 5.57. The first-order chi connectivity index (χ1) is 12.4. The van der Waals surface area contributed by atoms with E-state index < -0.39 is 20.5 Å². The first-order valence-electron chi connectivity index (χ1n) is 8.92. The highest BCUT2D eigenvalue weighted by atomic mass is 32.2. The number of carbonyl (C=O) groups is 2. The predicted molar refractivity (Wildman–Crippen MR) is 96.4 cm³/mol. The van der Waals surface area contributed by atoms with Crippen molar-refractivity contribution in [3.63, 3.8) is 0 Å². The fourth-order valence-corrected chi connectivity index (χ4v) is 6.90. The van der Waals surface area contributed by atoms with Gasteiger partial charge in [-0.15, -0.1) is 0 Å². The molecule has 3 aliphatic rings. The van der Waals surface area contributed by atoms with Crippen molar-refractivity contribution in [3.8, 4) is 0 Å². The minimum atomic E-state index is -3.37. The lowest BCUT2D eigenvalue weighted by Gasteiger charge is -2.49. The van der Waals surface area contributed by atoms with Crippen molar-refractivity contribution in [1.29, 1.82) is 0 Å². The van der Waals surface area contributed by atoms with E-state index in [0.29, 0.717) is 6.42 Å². The van der Waals surface area contributed by atoms with Crippen molar-refractivity contribution in [1.82, 2.24) is 15.5 Å². The van der Waals surface area contributed by atoms with Gasteiger partial charge in [-0.25, -0.2) is 13.2 Å². The third kappa shape index (κ3) is 2.50. The van der Waals surface area contributed by atoms with Crippen LogP contribution in [0.5, 0.6) is 0 Å². The average molecular weight is 377 g/mol. The molecule has 1 spiro atoms. The fraction of sp³-hybridized carbons (Fsp3) is 0.556. The Labute approximate surface area is 153 Å². The van der Waals surface area contributed by atoms with Gasteiger partial charge in [0, 0.05) is 26.2 Å². The topological polar surface area (TPSA) is 95.6 Å². The molecular weight excluding hydrogens is 354 g/mol. The molecule has 0 bridgehead atoms. The first-order valence-corrected chi connectivity index (χ1v) is 10.6. The minimum absolute atomic E-state index is 0.0124. The largest absolute Gasteiger partial charge is 0.359 e. The van der Waals surface area contributed by atoms with Crippen molar-refractivity contribution in [2.75, 3.05) is 25.9 Å². The van der Waals surface area contributed by atoms with Crippen LogP contribution >= 0.6 is 0 Å². The highest BCUT2D eigenvalue weighted by molar-refractivity contribution is 7.93. The number of nitrogens with one attached hydrogen (secondary N) is 2. The SMILES string of the molecule is CNC(=O)C1CCS(=O)(=O)C12CN(C(=O)NC1Cc3ccccc3C1)C2. The molecule has 0 radical (unpaired) electrons. The zero-order valence-corrected chi connectivity index (χ0v) is 15.5. The van der Waals surface area contributed by atoms with Crippen molar-refractivity contribution in [3.05, 3.63) is 35.4 Å². The number of rotatable bonds is 2.